The summed E-state index contributed by atoms with van der Waals surface area (Å²) in [6.45, 7) is 2.44. The number of carbonyl (C=O) groups is 1. The maximum absolute atomic E-state index is 10.7. The molecule has 0 N–H and O–H groups in total. The number of hydrogen-bond acceptors (Lipinski definition) is 2. The quantitative estimate of drug-likeness (QED) is 0.469. The Labute approximate surface area is 91.7 Å². The van der Waals surface area contributed by atoms with Crippen LogP contribution in [0.2, 0.25) is 0 Å². The molecule has 1 aromatic carbocycles. The van der Waals surface area contributed by atoms with E-state index in [1.54, 1.807) is 0 Å². The van der Waals surface area contributed by atoms with Crippen LogP contribution < -0.4 is 0 Å². The van der Waals surface area contributed by atoms with Gasteiger partial charge in [-0.2, -0.15) is 0 Å². The van der Waals surface area contributed by atoms with E-state index in [-0.39, 0.29) is 0 Å². The molecule has 0 atom stereocenters. The minimum Gasteiger partial charge on any atom is -0.501 e. The molecule has 3 heteroatoms. The minimum atomic E-state index is 0.555. The summed E-state index contributed by atoms with van der Waals surface area (Å²) >= 11 is 3.33. The first-order valence-corrected chi connectivity index (χ1v) is 5.10. The van der Waals surface area contributed by atoms with Crippen molar-refractivity contribution >= 4 is 27.8 Å². The van der Waals surface area contributed by atoms with Crippen molar-refractivity contribution in [1.29, 1.82) is 0 Å². The molecule has 1 rings (SSSR count). The van der Waals surface area contributed by atoms with Crippen LogP contribution in [-0.2, 0) is 9.53 Å². The van der Waals surface area contributed by atoms with Crippen molar-refractivity contribution in [3.8, 4) is 0 Å². The van der Waals surface area contributed by atoms with Crippen molar-refractivity contribution in [2.75, 3.05) is 6.61 Å². The Balaban J connectivity index is 2.89. The van der Waals surface area contributed by atoms with Gasteiger partial charge in [-0.05, 0) is 24.6 Å². The number of rotatable bonds is 4. The molecule has 0 aliphatic heterocycles. The summed E-state index contributed by atoms with van der Waals surface area (Å²) in [5.74, 6) is 0. The lowest BCUT2D eigenvalue weighted by atomic mass is 10.1. The molecule has 0 saturated carbocycles. The van der Waals surface area contributed by atoms with Crippen molar-refractivity contribution in [3.05, 3.63) is 40.6 Å². The Bertz CT molecular complexity index is 328. The van der Waals surface area contributed by atoms with Gasteiger partial charge in [-0.15, -0.1) is 0 Å². The fourth-order valence-electron chi connectivity index (χ4n) is 0.979. The third kappa shape index (κ3) is 3.00. The number of allylic oxidation sites excluding steroid dienone is 1. The normalized spacial score (nSPS) is 11.1. The van der Waals surface area contributed by atoms with Gasteiger partial charge in [0.25, 0.3) is 0 Å². The van der Waals surface area contributed by atoms with Crippen LogP contribution in [0.1, 0.15) is 12.5 Å². The van der Waals surface area contributed by atoms with Gasteiger partial charge in [0.1, 0.15) is 0 Å². The molecule has 0 heterocycles. The van der Waals surface area contributed by atoms with Gasteiger partial charge in [-0.1, -0.05) is 28.1 Å². The van der Waals surface area contributed by atoms with E-state index in [0.29, 0.717) is 12.2 Å². The van der Waals surface area contributed by atoms with Crippen molar-refractivity contribution in [3.63, 3.8) is 0 Å². The molecule has 14 heavy (non-hydrogen) atoms. The molecule has 0 bridgehead atoms. The molecule has 0 aromatic heterocycles. The monoisotopic (exact) mass is 254 g/mol. The first kappa shape index (κ1) is 11.0. The first-order valence-electron chi connectivity index (χ1n) is 4.30. The zero-order chi connectivity index (χ0) is 10.4. The molecule has 0 aliphatic rings. The molecular formula is C11H11BrO2. The highest BCUT2D eigenvalue weighted by Gasteiger charge is 1.99. The standard InChI is InChI=1S/C11H11BrO2/c1-2-14-8-10(7-13)9-3-5-11(12)6-4-9/h3-8H,2H2,1H3/b10-8-. The van der Waals surface area contributed by atoms with Crippen LogP contribution in [0, 0.1) is 0 Å². The lowest BCUT2D eigenvalue weighted by Gasteiger charge is -2.01. The predicted molar refractivity (Wildman–Crippen MR) is 59.8 cm³/mol. The maximum atomic E-state index is 10.7. The van der Waals surface area contributed by atoms with Gasteiger partial charge >= 0.3 is 0 Å². The van der Waals surface area contributed by atoms with E-state index >= 15 is 0 Å². The molecule has 0 fully saturated rings. The van der Waals surface area contributed by atoms with Gasteiger partial charge < -0.3 is 4.74 Å². The van der Waals surface area contributed by atoms with Crippen molar-refractivity contribution in [1.82, 2.24) is 0 Å². The largest absolute Gasteiger partial charge is 0.501 e. The summed E-state index contributed by atoms with van der Waals surface area (Å²) in [5, 5.41) is 0. The Morgan fingerprint density at radius 3 is 2.57 bits per heavy atom. The van der Waals surface area contributed by atoms with Crippen LogP contribution in [0.25, 0.3) is 5.57 Å². The van der Waals surface area contributed by atoms with E-state index in [2.05, 4.69) is 15.9 Å². The van der Waals surface area contributed by atoms with Crippen molar-refractivity contribution < 1.29 is 9.53 Å². The molecule has 74 valence electrons. The van der Waals surface area contributed by atoms with E-state index < -0.39 is 0 Å². The number of ether oxygens (including phenoxy) is 1. The number of hydrogen-bond donors (Lipinski definition) is 0. The molecule has 2 nitrogen and oxygen atoms in total. The van der Waals surface area contributed by atoms with Crippen LogP contribution in [-0.4, -0.2) is 12.9 Å². The molecule has 0 amide bonds. The van der Waals surface area contributed by atoms with Crippen LogP contribution in [0.5, 0.6) is 0 Å². The van der Waals surface area contributed by atoms with Gasteiger partial charge in [-0.25, -0.2) is 0 Å². The van der Waals surface area contributed by atoms with Crippen LogP contribution in [0.4, 0.5) is 0 Å². The van der Waals surface area contributed by atoms with Gasteiger partial charge in [0, 0.05) is 4.47 Å². The third-order valence-electron chi connectivity index (χ3n) is 1.68. The fourth-order valence-corrected chi connectivity index (χ4v) is 1.24. The molecule has 0 spiro atoms. The van der Waals surface area contributed by atoms with Crippen molar-refractivity contribution in [2.45, 2.75) is 6.92 Å². The Hall–Kier alpha value is -1.09. The maximum Gasteiger partial charge on any atom is 0.153 e. The minimum absolute atomic E-state index is 0.555. The lowest BCUT2D eigenvalue weighted by Crippen LogP contribution is -1.88. The molecule has 0 aliphatic carbocycles. The molecule has 0 saturated heterocycles. The second kappa shape index (κ2) is 5.60. The fraction of sp³-hybridized carbons (Fsp3) is 0.182. The highest BCUT2D eigenvalue weighted by atomic mass is 79.9. The Kier molecular flexibility index (Phi) is 4.40. The summed E-state index contributed by atoms with van der Waals surface area (Å²) in [6, 6.07) is 7.50. The average molecular weight is 255 g/mol. The zero-order valence-electron chi connectivity index (χ0n) is 7.87. The van der Waals surface area contributed by atoms with Gasteiger partial charge in [-0.3, -0.25) is 4.79 Å². The number of carbonyl (C=O) groups excluding carboxylic acids is 1. The summed E-state index contributed by atoms with van der Waals surface area (Å²) in [4.78, 5) is 10.7. The van der Waals surface area contributed by atoms with E-state index in [1.165, 1.54) is 6.26 Å². The summed E-state index contributed by atoms with van der Waals surface area (Å²) in [5.41, 5.74) is 1.41. The second-order valence-corrected chi connectivity index (χ2v) is 3.57. The third-order valence-corrected chi connectivity index (χ3v) is 2.21. The summed E-state index contributed by atoms with van der Waals surface area (Å²) in [6.07, 6.45) is 2.27. The molecule has 0 unspecified atom stereocenters. The smallest absolute Gasteiger partial charge is 0.153 e. The van der Waals surface area contributed by atoms with Crippen LogP contribution >= 0.6 is 15.9 Å². The number of benzene rings is 1. The predicted octanol–water partition coefficient (Wildman–Crippen LogP) is 3.03. The van der Waals surface area contributed by atoms with E-state index in [1.807, 2.05) is 31.2 Å². The zero-order valence-corrected chi connectivity index (χ0v) is 9.45. The summed E-state index contributed by atoms with van der Waals surface area (Å²) in [7, 11) is 0. The van der Waals surface area contributed by atoms with Gasteiger partial charge in [0.05, 0.1) is 18.4 Å². The van der Waals surface area contributed by atoms with E-state index in [4.69, 9.17) is 4.74 Å². The molecular weight excluding hydrogens is 244 g/mol. The van der Waals surface area contributed by atoms with E-state index in [9.17, 15) is 4.79 Å². The summed E-state index contributed by atoms with van der Waals surface area (Å²) < 4.78 is 6.05. The van der Waals surface area contributed by atoms with Gasteiger partial charge in [0.2, 0.25) is 0 Å². The highest BCUT2D eigenvalue weighted by molar-refractivity contribution is 9.10. The van der Waals surface area contributed by atoms with Crippen LogP contribution in [0.3, 0.4) is 0 Å². The molecule has 0 radical (unpaired) electrons. The van der Waals surface area contributed by atoms with Gasteiger partial charge in [0.15, 0.2) is 6.29 Å². The number of halogens is 1. The number of aldehydes is 1. The SMILES string of the molecule is CCO/C=C(/C=O)c1ccc(Br)cc1. The van der Waals surface area contributed by atoms with Crippen molar-refractivity contribution in [2.24, 2.45) is 0 Å². The van der Waals surface area contributed by atoms with E-state index in [0.717, 1.165) is 16.3 Å². The Morgan fingerprint density at radius 1 is 1.43 bits per heavy atom. The highest BCUT2D eigenvalue weighted by Crippen LogP contribution is 2.16. The first-order chi connectivity index (χ1) is 6.77. The second-order valence-electron chi connectivity index (χ2n) is 2.65. The van der Waals surface area contributed by atoms with Crippen LogP contribution in [0.15, 0.2) is 35.0 Å². The lowest BCUT2D eigenvalue weighted by molar-refractivity contribution is -0.103. The average Bonchev–Trinajstić information content (AvgIpc) is 2.21. The Morgan fingerprint density at radius 2 is 2.07 bits per heavy atom. The molecule has 1 aromatic rings. The topological polar surface area (TPSA) is 26.3 Å².